The molecule has 2 rings (SSSR count). The summed E-state index contributed by atoms with van der Waals surface area (Å²) in [5.74, 6) is -3.12. The summed E-state index contributed by atoms with van der Waals surface area (Å²) < 4.78 is 26.0. The van der Waals surface area contributed by atoms with Gasteiger partial charge in [0.25, 0.3) is 5.91 Å². The number of amides is 2. The molecule has 2 aromatic rings. The van der Waals surface area contributed by atoms with Crippen molar-refractivity contribution < 1.29 is 18.4 Å². The van der Waals surface area contributed by atoms with Gasteiger partial charge >= 0.3 is 0 Å². The summed E-state index contributed by atoms with van der Waals surface area (Å²) in [5.41, 5.74) is 0.662. The van der Waals surface area contributed by atoms with Crippen molar-refractivity contribution in [3.8, 4) is 0 Å². The van der Waals surface area contributed by atoms with Crippen molar-refractivity contribution in [2.24, 2.45) is 5.92 Å². The van der Waals surface area contributed by atoms with Crippen LogP contribution in [0.5, 0.6) is 0 Å². The third-order valence-corrected chi connectivity index (χ3v) is 3.58. The van der Waals surface area contributed by atoms with Crippen LogP contribution in [0.2, 0.25) is 0 Å². The van der Waals surface area contributed by atoms with E-state index in [4.69, 9.17) is 0 Å². The maximum Gasteiger partial charge on any atom is 0.251 e. The molecule has 0 unspecified atom stereocenters. The molecule has 0 aliphatic rings. The number of carbonyl (C=O) groups excluding carboxylic acids is 2. The van der Waals surface area contributed by atoms with Crippen LogP contribution in [0.25, 0.3) is 0 Å². The topological polar surface area (TPSA) is 71.1 Å². The molecule has 0 aliphatic carbocycles. The average Bonchev–Trinajstić information content (AvgIpc) is 2.60. The minimum Gasteiger partial charge on any atom is -0.346 e. The van der Waals surface area contributed by atoms with E-state index in [9.17, 15) is 18.4 Å². The molecule has 1 atom stereocenters. The van der Waals surface area contributed by atoms with Crippen molar-refractivity contribution >= 4 is 11.8 Å². The Balaban J connectivity index is 1.94. The van der Waals surface area contributed by atoms with E-state index < -0.39 is 23.4 Å². The maximum atomic E-state index is 13.1. The molecule has 0 radical (unpaired) electrons. The van der Waals surface area contributed by atoms with E-state index in [-0.39, 0.29) is 24.1 Å². The first kappa shape index (κ1) is 18.5. The van der Waals surface area contributed by atoms with Crippen LogP contribution in [0, 0.1) is 17.6 Å². The Morgan fingerprint density at radius 1 is 1.12 bits per heavy atom. The zero-order valence-electron chi connectivity index (χ0n) is 13.9. The number of nitrogens with zero attached hydrogens (tertiary/aromatic N) is 1. The lowest BCUT2D eigenvalue weighted by Crippen LogP contribution is -2.40. The highest BCUT2D eigenvalue weighted by Gasteiger charge is 2.19. The van der Waals surface area contributed by atoms with Crippen LogP contribution < -0.4 is 10.6 Å². The van der Waals surface area contributed by atoms with Gasteiger partial charge in [0.2, 0.25) is 5.91 Å². The number of pyridine rings is 1. The van der Waals surface area contributed by atoms with Gasteiger partial charge in [0.1, 0.15) is 0 Å². The van der Waals surface area contributed by atoms with E-state index in [1.54, 1.807) is 12.3 Å². The van der Waals surface area contributed by atoms with Gasteiger partial charge in [-0.3, -0.25) is 14.6 Å². The Hall–Kier alpha value is -2.83. The standard InChI is InChI=1S/C18H19F2N3O2/c1-11(2)17(15-5-3-4-8-21-15)23-16(24)10-22-18(25)12-6-7-13(19)14(20)9-12/h3-9,11,17H,10H2,1-2H3,(H,22,25)(H,23,24)/t17-/m1/s1. The second-order valence-corrected chi connectivity index (χ2v) is 5.86. The van der Waals surface area contributed by atoms with Crippen LogP contribution in [0.4, 0.5) is 8.78 Å². The van der Waals surface area contributed by atoms with Crippen molar-refractivity contribution in [2.75, 3.05) is 6.54 Å². The molecule has 0 saturated carbocycles. The second kappa shape index (κ2) is 8.32. The van der Waals surface area contributed by atoms with Gasteiger partial charge < -0.3 is 10.6 Å². The Morgan fingerprint density at radius 3 is 2.48 bits per heavy atom. The summed E-state index contributed by atoms with van der Waals surface area (Å²) in [6, 6.07) is 7.92. The number of halogens is 2. The Kier molecular flexibility index (Phi) is 6.16. The van der Waals surface area contributed by atoms with Crippen LogP contribution in [-0.2, 0) is 4.79 Å². The number of carbonyl (C=O) groups is 2. The van der Waals surface area contributed by atoms with Gasteiger partial charge in [-0.15, -0.1) is 0 Å². The van der Waals surface area contributed by atoms with E-state index in [1.165, 1.54) is 0 Å². The molecule has 1 aromatic carbocycles. The number of hydrogen-bond acceptors (Lipinski definition) is 3. The van der Waals surface area contributed by atoms with Crippen molar-refractivity contribution in [1.82, 2.24) is 15.6 Å². The largest absolute Gasteiger partial charge is 0.346 e. The molecule has 1 heterocycles. The molecule has 0 aliphatic heterocycles. The fourth-order valence-corrected chi connectivity index (χ4v) is 2.27. The Bertz CT molecular complexity index is 751. The van der Waals surface area contributed by atoms with Crippen LogP contribution >= 0.6 is 0 Å². The summed E-state index contributed by atoms with van der Waals surface area (Å²) in [7, 11) is 0. The number of hydrogen-bond donors (Lipinski definition) is 2. The SMILES string of the molecule is CC(C)[C@@H](NC(=O)CNC(=O)c1ccc(F)c(F)c1)c1ccccn1. The molecule has 1 aromatic heterocycles. The third kappa shape index (κ3) is 5.07. The quantitative estimate of drug-likeness (QED) is 0.844. The first-order valence-electron chi connectivity index (χ1n) is 7.82. The first-order valence-corrected chi connectivity index (χ1v) is 7.82. The van der Waals surface area contributed by atoms with Crippen LogP contribution in [0.15, 0.2) is 42.6 Å². The van der Waals surface area contributed by atoms with E-state index >= 15 is 0 Å². The van der Waals surface area contributed by atoms with Gasteiger partial charge in [-0.2, -0.15) is 0 Å². The van der Waals surface area contributed by atoms with Crippen molar-refractivity contribution in [1.29, 1.82) is 0 Å². The average molecular weight is 347 g/mol. The number of aromatic nitrogens is 1. The summed E-state index contributed by atoms with van der Waals surface area (Å²) in [4.78, 5) is 28.2. The van der Waals surface area contributed by atoms with Crippen LogP contribution in [0.3, 0.4) is 0 Å². The number of nitrogens with one attached hydrogen (secondary N) is 2. The predicted octanol–water partition coefficient (Wildman–Crippen LogP) is 2.60. The third-order valence-electron chi connectivity index (χ3n) is 3.58. The highest BCUT2D eigenvalue weighted by atomic mass is 19.2. The second-order valence-electron chi connectivity index (χ2n) is 5.86. The van der Waals surface area contributed by atoms with Crippen molar-refractivity contribution in [3.63, 3.8) is 0 Å². The molecule has 25 heavy (non-hydrogen) atoms. The fraction of sp³-hybridized carbons (Fsp3) is 0.278. The summed E-state index contributed by atoms with van der Waals surface area (Å²) in [6.07, 6.45) is 1.64. The van der Waals surface area contributed by atoms with Gasteiger partial charge in [-0.25, -0.2) is 8.78 Å². The first-order chi connectivity index (χ1) is 11.9. The van der Waals surface area contributed by atoms with Crippen LogP contribution in [-0.4, -0.2) is 23.3 Å². The Morgan fingerprint density at radius 2 is 1.88 bits per heavy atom. The smallest absolute Gasteiger partial charge is 0.251 e. The number of benzene rings is 1. The monoisotopic (exact) mass is 347 g/mol. The maximum absolute atomic E-state index is 13.1. The highest BCUT2D eigenvalue weighted by molar-refractivity contribution is 5.96. The molecule has 2 N–H and O–H groups in total. The lowest BCUT2D eigenvalue weighted by Gasteiger charge is -2.22. The van der Waals surface area contributed by atoms with Crippen molar-refractivity contribution in [3.05, 3.63) is 65.5 Å². The van der Waals surface area contributed by atoms with Gasteiger partial charge in [-0.05, 0) is 36.2 Å². The Labute approximate surface area is 144 Å². The molecule has 7 heteroatoms. The van der Waals surface area contributed by atoms with Crippen molar-refractivity contribution in [2.45, 2.75) is 19.9 Å². The lowest BCUT2D eigenvalue weighted by molar-refractivity contribution is -0.121. The zero-order chi connectivity index (χ0) is 18.4. The zero-order valence-corrected chi connectivity index (χ0v) is 13.9. The van der Waals surface area contributed by atoms with E-state index in [0.717, 1.165) is 23.9 Å². The van der Waals surface area contributed by atoms with Gasteiger partial charge in [-0.1, -0.05) is 19.9 Å². The van der Waals surface area contributed by atoms with Gasteiger partial charge in [0.15, 0.2) is 11.6 Å². The molecular formula is C18H19F2N3O2. The molecule has 132 valence electrons. The summed E-state index contributed by atoms with van der Waals surface area (Å²) in [6.45, 7) is 3.60. The van der Waals surface area contributed by atoms with E-state index in [1.807, 2.05) is 26.0 Å². The van der Waals surface area contributed by atoms with Crippen LogP contribution in [0.1, 0.15) is 35.9 Å². The molecule has 0 spiro atoms. The van der Waals surface area contributed by atoms with E-state index in [0.29, 0.717) is 0 Å². The lowest BCUT2D eigenvalue weighted by atomic mass is 10.0. The number of rotatable bonds is 6. The molecule has 0 fully saturated rings. The normalized spacial score (nSPS) is 11.9. The van der Waals surface area contributed by atoms with E-state index in [2.05, 4.69) is 15.6 Å². The van der Waals surface area contributed by atoms with Gasteiger partial charge in [0, 0.05) is 11.8 Å². The summed E-state index contributed by atoms with van der Waals surface area (Å²) in [5, 5.41) is 5.19. The highest BCUT2D eigenvalue weighted by Crippen LogP contribution is 2.19. The van der Waals surface area contributed by atoms with Gasteiger partial charge in [0.05, 0.1) is 18.3 Å². The molecule has 0 bridgehead atoms. The molecule has 0 saturated heterocycles. The minimum atomic E-state index is -1.12. The fourth-order valence-electron chi connectivity index (χ4n) is 2.27. The molecule has 2 amide bonds. The molecular weight excluding hydrogens is 328 g/mol. The minimum absolute atomic E-state index is 0.0585. The summed E-state index contributed by atoms with van der Waals surface area (Å²) >= 11 is 0. The molecule has 5 nitrogen and oxygen atoms in total. The predicted molar refractivity (Wildman–Crippen MR) is 88.6 cm³/mol.